The fraction of sp³-hybridized carbons (Fsp3) is 0.276. The number of nitrogens with zero attached hydrogens (tertiary/aromatic N) is 1. The van der Waals surface area contributed by atoms with Gasteiger partial charge in [-0.05, 0) is 85.7 Å². The van der Waals surface area contributed by atoms with Crippen LogP contribution < -0.4 is 10.6 Å². The van der Waals surface area contributed by atoms with Crippen molar-refractivity contribution in [3.63, 3.8) is 0 Å². The van der Waals surface area contributed by atoms with Gasteiger partial charge in [0, 0.05) is 28.4 Å². The molecule has 1 heterocycles. The van der Waals surface area contributed by atoms with Gasteiger partial charge in [-0.3, -0.25) is 9.59 Å². The molecule has 7 rings (SSSR count). The van der Waals surface area contributed by atoms with Crippen LogP contribution in [0.25, 0.3) is 22.4 Å². The highest BCUT2D eigenvalue weighted by Gasteiger charge is 2.36. The van der Waals surface area contributed by atoms with Gasteiger partial charge in [0.1, 0.15) is 11.6 Å². The Morgan fingerprint density at radius 1 is 0.861 bits per heavy atom. The number of anilines is 1. The predicted molar refractivity (Wildman–Crippen MR) is 137 cm³/mol. The molecule has 0 saturated heterocycles. The highest BCUT2D eigenvalue weighted by atomic mass is 19.1. The van der Waals surface area contributed by atoms with Crippen LogP contribution in [0, 0.1) is 17.7 Å². The van der Waals surface area contributed by atoms with Crippen molar-refractivity contribution in [1.29, 1.82) is 0 Å². The standard InChI is InChI=1S/C29H27FN4O2/c30-22-10-12-23(13-11-22)31-28(35)20-7-5-19(6-8-20)27-32-24-14-9-21(16-26(24)33-27)29(36)34-25-15-17-1-3-18(25)4-2-17/h5-14,16-18,25H,1-4,15H2,(H,31,35)(H,32,33)(H,34,36). The summed E-state index contributed by atoms with van der Waals surface area (Å²) in [5, 5.41) is 6.03. The van der Waals surface area contributed by atoms with Crippen LogP contribution in [0.4, 0.5) is 10.1 Å². The third-order valence-corrected chi connectivity index (χ3v) is 7.63. The number of halogens is 1. The van der Waals surface area contributed by atoms with Crippen LogP contribution in [-0.2, 0) is 0 Å². The lowest BCUT2D eigenvalue weighted by Gasteiger charge is -2.42. The van der Waals surface area contributed by atoms with Crippen LogP contribution in [0.5, 0.6) is 0 Å². The number of carbonyl (C=O) groups excluding carboxylic acids is 2. The second kappa shape index (κ2) is 9.22. The lowest BCUT2D eigenvalue weighted by molar-refractivity contribution is 0.0810. The van der Waals surface area contributed by atoms with Gasteiger partial charge in [0.15, 0.2) is 0 Å². The SMILES string of the molecule is O=C(Nc1ccc(F)cc1)c1ccc(-c2nc3ccc(C(=O)NC4CC5CCC4CC5)cc3[nH]2)cc1. The molecule has 0 aliphatic heterocycles. The first-order valence-electron chi connectivity index (χ1n) is 12.5. The molecule has 6 nitrogen and oxygen atoms in total. The first-order chi connectivity index (χ1) is 17.5. The van der Waals surface area contributed by atoms with Crippen molar-refractivity contribution in [3.05, 3.63) is 83.7 Å². The number of amides is 2. The molecule has 0 radical (unpaired) electrons. The molecule has 182 valence electrons. The van der Waals surface area contributed by atoms with Crippen molar-refractivity contribution >= 4 is 28.5 Å². The molecule has 7 heteroatoms. The van der Waals surface area contributed by atoms with Gasteiger partial charge in [0.05, 0.1) is 11.0 Å². The molecule has 36 heavy (non-hydrogen) atoms. The summed E-state index contributed by atoms with van der Waals surface area (Å²) in [6.45, 7) is 0. The van der Waals surface area contributed by atoms with Crippen molar-refractivity contribution in [1.82, 2.24) is 15.3 Å². The molecule has 2 amide bonds. The molecule has 3 aliphatic rings. The molecule has 1 atom stereocenters. The van der Waals surface area contributed by atoms with Crippen molar-refractivity contribution in [2.75, 3.05) is 5.32 Å². The summed E-state index contributed by atoms with van der Waals surface area (Å²) in [5.41, 5.74) is 4.03. The maximum atomic E-state index is 13.1. The predicted octanol–water partition coefficient (Wildman–Crippen LogP) is 5.93. The number of hydrogen-bond donors (Lipinski definition) is 3. The van der Waals surface area contributed by atoms with E-state index in [0.29, 0.717) is 28.6 Å². The number of imidazole rings is 1. The Morgan fingerprint density at radius 3 is 2.28 bits per heavy atom. The molecule has 1 unspecified atom stereocenters. The van der Waals surface area contributed by atoms with Crippen LogP contribution >= 0.6 is 0 Å². The molecule has 1 aromatic heterocycles. The lowest BCUT2D eigenvalue weighted by atomic mass is 9.68. The van der Waals surface area contributed by atoms with Crippen molar-refractivity contribution in [2.45, 2.75) is 38.1 Å². The molecule has 4 aromatic rings. The van der Waals surface area contributed by atoms with E-state index in [9.17, 15) is 14.0 Å². The average molecular weight is 483 g/mol. The number of nitrogens with one attached hydrogen (secondary N) is 3. The zero-order chi connectivity index (χ0) is 24.6. The fourth-order valence-corrected chi connectivity index (χ4v) is 5.61. The maximum Gasteiger partial charge on any atom is 0.255 e. The van der Waals surface area contributed by atoms with E-state index in [-0.39, 0.29) is 23.7 Å². The van der Waals surface area contributed by atoms with Gasteiger partial charge in [-0.25, -0.2) is 9.37 Å². The van der Waals surface area contributed by atoms with Gasteiger partial charge < -0.3 is 15.6 Å². The second-order valence-electron chi connectivity index (χ2n) is 9.95. The summed E-state index contributed by atoms with van der Waals surface area (Å²) in [4.78, 5) is 33.4. The summed E-state index contributed by atoms with van der Waals surface area (Å²) in [6, 6.07) is 18.6. The Kier molecular flexibility index (Phi) is 5.76. The quantitative estimate of drug-likeness (QED) is 0.330. The first kappa shape index (κ1) is 22.5. The fourth-order valence-electron chi connectivity index (χ4n) is 5.61. The summed E-state index contributed by atoms with van der Waals surface area (Å²) >= 11 is 0. The molecular weight excluding hydrogens is 455 g/mol. The molecule has 2 bridgehead atoms. The highest BCUT2D eigenvalue weighted by Crippen LogP contribution is 2.41. The number of carbonyl (C=O) groups is 2. The molecule has 3 aromatic carbocycles. The molecule has 3 saturated carbocycles. The zero-order valence-corrected chi connectivity index (χ0v) is 19.8. The normalized spacial score (nSPS) is 20.9. The number of H-pyrrole nitrogens is 1. The monoisotopic (exact) mass is 482 g/mol. The van der Waals surface area contributed by atoms with E-state index >= 15 is 0 Å². The highest BCUT2D eigenvalue weighted by molar-refractivity contribution is 6.04. The third kappa shape index (κ3) is 4.49. The van der Waals surface area contributed by atoms with Gasteiger partial charge in [-0.1, -0.05) is 25.0 Å². The Bertz CT molecular complexity index is 1420. The van der Waals surface area contributed by atoms with Crippen molar-refractivity contribution in [3.8, 4) is 11.4 Å². The van der Waals surface area contributed by atoms with Crippen molar-refractivity contribution < 1.29 is 14.0 Å². The van der Waals surface area contributed by atoms with E-state index in [1.807, 2.05) is 30.3 Å². The Labute approximate surface area is 208 Å². The summed E-state index contributed by atoms with van der Waals surface area (Å²) < 4.78 is 13.1. The van der Waals surface area contributed by atoms with Crippen LogP contribution in [0.3, 0.4) is 0 Å². The van der Waals surface area contributed by atoms with E-state index in [4.69, 9.17) is 0 Å². The Hall–Kier alpha value is -4.00. The lowest BCUT2D eigenvalue weighted by Crippen LogP contribution is -2.47. The maximum absolute atomic E-state index is 13.1. The molecule has 3 fully saturated rings. The molecule has 3 N–H and O–H groups in total. The van der Waals surface area contributed by atoms with E-state index < -0.39 is 0 Å². The minimum Gasteiger partial charge on any atom is -0.349 e. The molecule has 0 spiro atoms. The Balaban J connectivity index is 1.15. The number of aromatic amines is 1. The van der Waals surface area contributed by atoms with Crippen LogP contribution in [0.15, 0.2) is 66.7 Å². The first-order valence-corrected chi connectivity index (χ1v) is 12.5. The number of aromatic nitrogens is 2. The summed E-state index contributed by atoms with van der Waals surface area (Å²) in [7, 11) is 0. The minimum absolute atomic E-state index is 0.0258. The van der Waals surface area contributed by atoms with Gasteiger partial charge in [0.25, 0.3) is 11.8 Å². The second-order valence-corrected chi connectivity index (χ2v) is 9.95. The van der Waals surface area contributed by atoms with E-state index in [1.165, 1.54) is 49.9 Å². The van der Waals surface area contributed by atoms with Gasteiger partial charge in [-0.2, -0.15) is 0 Å². The van der Waals surface area contributed by atoms with Crippen LogP contribution in [-0.4, -0.2) is 27.8 Å². The summed E-state index contributed by atoms with van der Waals surface area (Å²) in [5.74, 6) is 1.38. The molecular formula is C29H27FN4O2. The summed E-state index contributed by atoms with van der Waals surface area (Å²) in [6.07, 6.45) is 6.17. The van der Waals surface area contributed by atoms with E-state index in [2.05, 4.69) is 20.6 Å². The zero-order valence-electron chi connectivity index (χ0n) is 19.8. The van der Waals surface area contributed by atoms with Gasteiger partial charge >= 0.3 is 0 Å². The number of fused-ring (bicyclic) bond motifs is 4. The number of benzene rings is 3. The van der Waals surface area contributed by atoms with Gasteiger partial charge in [0.2, 0.25) is 0 Å². The van der Waals surface area contributed by atoms with Crippen molar-refractivity contribution in [2.24, 2.45) is 11.8 Å². The van der Waals surface area contributed by atoms with Gasteiger partial charge in [-0.15, -0.1) is 0 Å². The topological polar surface area (TPSA) is 86.9 Å². The minimum atomic E-state index is -0.355. The largest absolute Gasteiger partial charge is 0.349 e. The Morgan fingerprint density at radius 2 is 1.58 bits per heavy atom. The number of hydrogen-bond acceptors (Lipinski definition) is 3. The molecule has 3 aliphatic carbocycles. The average Bonchev–Trinajstić information content (AvgIpc) is 3.34. The van der Waals surface area contributed by atoms with E-state index in [0.717, 1.165) is 28.9 Å². The van der Waals surface area contributed by atoms with Crippen LogP contribution in [0.2, 0.25) is 0 Å². The van der Waals surface area contributed by atoms with E-state index in [1.54, 1.807) is 12.1 Å². The smallest absolute Gasteiger partial charge is 0.255 e. The van der Waals surface area contributed by atoms with Crippen LogP contribution in [0.1, 0.15) is 52.8 Å². The number of rotatable bonds is 5. The third-order valence-electron chi connectivity index (χ3n) is 7.63.